The Morgan fingerprint density at radius 3 is 2.39 bits per heavy atom. The van der Waals surface area contributed by atoms with Gasteiger partial charge in [-0.3, -0.25) is 4.99 Å². The summed E-state index contributed by atoms with van der Waals surface area (Å²) in [6, 6.07) is 8.12. The van der Waals surface area contributed by atoms with Gasteiger partial charge >= 0.3 is 0 Å². The number of guanidine groups is 1. The first-order valence-electron chi connectivity index (χ1n) is 10.8. The maximum absolute atomic E-state index is 10.5. The molecule has 0 saturated heterocycles. The molecule has 0 aliphatic carbocycles. The van der Waals surface area contributed by atoms with Crippen molar-refractivity contribution in [1.82, 2.24) is 20.8 Å². The molecule has 8 heteroatoms. The van der Waals surface area contributed by atoms with E-state index in [4.69, 9.17) is 4.52 Å². The van der Waals surface area contributed by atoms with Gasteiger partial charge in [-0.05, 0) is 29.9 Å². The Kier molecular flexibility index (Phi) is 11.5. The minimum atomic E-state index is -0.637. The molecule has 0 aliphatic rings. The predicted molar refractivity (Wildman–Crippen MR) is 136 cm³/mol. The van der Waals surface area contributed by atoms with E-state index in [0.717, 1.165) is 37.3 Å². The minimum Gasteiger partial charge on any atom is -0.386 e. The van der Waals surface area contributed by atoms with Crippen molar-refractivity contribution in [1.29, 1.82) is 0 Å². The molecular weight excluding hydrogens is 505 g/mol. The third-order valence-electron chi connectivity index (χ3n) is 4.79. The number of hydrogen-bond donors (Lipinski definition) is 3. The van der Waals surface area contributed by atoms with Gasteiger partial charge in [0.05, 0.1) is 12.6 Å². The van der Waals surface area contributed by atoms with Crippen molar-refractivity contribution in [3.63, 3.8) is 0 Å². The summed E-state index contributed by atoms with van der Waals surface area (Å²) in [7, 11) is 0. The quantitative estimate of drug-likeness (QED) is 0.189. The number of nitrogens with one attached hydrogen (secondary N) is 2. The first-order chi connectivity index (χ1) is 14.2. The molecule has 0 fully saturated rings. The average Bonchev–Trinajstić information content (AvgIpc) is 3.18. The lowest BCUT2D eigenvalue weighted by Crippen LogP contribution is -2.38. The zero-order valence-corrected chi connectivity index (χ0v) is 21.9. The second kappa shape index (κ2) is 13.0. The molecule has 0 aliphatic heterocycles. The Labute approximate surface area is 203 Å². The number of aryl methyl sites for hydroxylation is 1. The number of aliphatic imine (C=N–C) groups is 1. The van der Waals surface area contributed by atoms with E-state index < -0.39 is 6.10 Å². The smallest absolute Gasteiger partial charge is 0.226 e. The van der Waals surface area contributed by atoms with Crippen molar-refractivity contribution < 1.29 is 9.63 Å². The van der Waals surface area contributed by atoms with E-state index in [-0.39, 0.29) is 35.3 Å². The summed E-state index contributed by atoms with van der Waals surface area (Å²) >= 11 is 0. The lowest BCUT2D eigenvalue weighted by Gasteiger charge is -2.20. The first kappa shape index (κ1) is 27.4. The minimum absolute atomic E-state index is 0. The van der Waals surface area contributed by atoms with Crippen LogP contribution in [0.5, 0.6) is 0 Å². The number of aliphatic hydroxyl groups is 1. The first-order valence-corrected chi connectivity index (χ1v) is 10.8. The van der Waals surface area contributed by atoms with Crippen LogP contribution in [0, 0.1) is 0 Å². The highest BCUT2D eigenvalue weighted by Gasteiger charge is 2.15. The SMILES string of the molecule is CCNC(=NCC(O)c1ccc(C(C)(C)C)cc1)NCCCc1nc(C(C)C)no1.I. The van der Waals surface area contributed by atoms with Gasteiger partial charge in [0.2, 0.25) is 5.89 Å². The van der Waals surface area contributed by atoms with Gasteiger partial charge in [0.15, 0.2) is 11.8 Å². The lowest BCUT2D eigenvalue weighted by atomic mass is 9.86. The number of hydrogen-bond acceptors (Lipinski definition) is 5. The van der Waals surface area contributed by atoms with Crippen LogP contribution in [0.15, 0.2) is 33.8 Å². The fourth-order valence-electron chi connectivity index (χ4n) is 2.88. The highest BCUT2D eigenvalue weighted by atomic mass is 127. The Morgan fingerprint density at radius 2 is 1.84 bits per heavy atom. The van der Waals surface area contributed by atoms with E-state index in [9.17, 15) is 5.11 Å². The zero-order chi connectivity index (χ0) is 22.1. The molecule has 0 radical (unpaired) electrons. The van der Waals surface area contributed by atoms with E-state index in [1.165, 1.54) is 5.56 Å². The summed E-state index contributed by atoms with van der Waals surface area (Å²) in [5, 5.41) is 21.0. The summed E-state index contributed by atoms with van der Waals surface area (Å²) < 4.78 is 5.27. The number of nitrogens with zero attached hydrogens (tertiary/aromatic N) is 3. The molecule has 0 amide bonds. The molecule has 7 nitrogen and oxygen atoms in total. The van der Waals surface area contributed by atoms with E-state index in [1.807, 2.05) is 32.9 Å². The van der Waals surface area contributed by atoms with Gasteiger partial charge in [0.1, 0.15) is 0 Å². The summed E-state index contributed by atoms with van der Waals surface area (Å²) in [5.74, 6) is 2.37. The molecule has 1 aromatic carbocycles. The summed E-state index contributed by atoms with van der Waals surface area (Å²) in [6.45, 7) is 14.4. The van der Waals surface area contributed by atoms with Gasteiger partial charge in [0.25, 0.3) is 0 Å². The molecule has 1 aromatic heterocycles. The third kappa shape index (κ3) is 9.14. The van der Waals surface area contributed by atoms with E-state index in [1.54, 1.807) is 0 Å². The Bertz CT molecular complexity index is 797. The van der Waals surface area contributed by atoms with Crippen molar-refractivity contribution in [2.45, 2.75) is 71.8 Å². The molecule has 1 heterocycles. The van der Waals surface area contributed by atoms with E-state index in [0.29, 0.717) is 18.4 Å². The maximum atomic E-state index is 10.5. The summed E-state index contributed by atoms with van der Waals surface area (Å²) in [5.41, 5.74) is 2.22. The van der Waals surface area contributed by atoms with Gasteiger partial charge in [-0.2, -0.15) is 4.98 Å². The van der Waals surface area contributed by atoms with Crippen LogP contribution in [0.25, 0.3) is 0 Å². The summed E-state index contributed by atoms with van der Waals surface area (Å²) in [4.78, 5) is 8.92. The van der Waals surface area contributed by atoms with Gasteiger partial charge in [-0.25, -0.2) is 0 Å². The fourth-order valence-corrected chi connectivity index (χ4v) is 2.88. The Morgan fingerprint density at radius 1 is 1.16 bits per heavy atom. The number of aliphatic hydroxyl groups excluding tert-OH is 1. The molecule has 0 spiro atoms. The van der Waals surface area contributed by atoms with Gasteiger partial charge in [-0.15, -0.1) is 24.0 Å². The molecule has 31 heavy (non-hydrogen) atoms. The summed E-state index contributed by atoms with van der Waals surface area (Å²) in [6.07, 6.45) is 0.929. The molecule has 1 unspecified atom stereocenters. The van der Waals surface area contributed by atoms with Crippen LogP contribution in [0.3, 0.4) is 0 Å². The Balaban J connectivity index is 0.00000480. The largest absolute Gasteiger partial charge is 0.386 e. The van der Waals surface area contributed by atoms with Crippen molar-refractivity contribution in [3.8, 4) is 0 Å². The zero-order valence-electron chi connectivity index (χ0n) is 19.6. The van der Waals surface area contributed by atoms with Crippen LogP contribution >= 0.6 is 24.0 Å². The van der Waals surface area contributed by atoms with Gasteiger partial charge < -0.3 is 20.3 Å². The number of halogens is 1. The molecule has 174 valence electrons. The highest BCUT2D eigenvalue weighted by molar-refractivity contribution is 14.0. The lowest BCUT2D eigenvalue weighted by molar-refractivity contribution is 0.187. The van der Waals surface area contributed by atoms with Crippen LogP contribution in [-0.2, 0) is 11.8 Å². The fraction of sp³-hybridized carbons (Fsp3) is 0.609. The van der Waals surface area contributed by atoms with Gasteiger partial charge in [-0.1, -0.05) is 64.0 Å². The monoisotopic (exact) mass is 543 g/mol. The van der Waals surface area contributed by atoms with Crippen LogP contribution in [0.4, 0.5) is 0 Å². The topological polar surface area (TPSA) is 95.6 Å². The number of rotatable bonds is 9. The number of benzene rings is 1. The van der Waals surface area contributed by atoms with Crippen LogP contribution < -0.4 is 10.6 Å². The van der Waals surface area contributed by atoms with Crippen LogP contribution in [-0.4, -0.2) is 40.8 Å². The molecule has 3 N–H and O–H groups in total. The van der Waals surface area contributed by atoms with Crippen LogP contribution in [0.2, 0.25) is 0 Å². The maximum Gasteiger partial charge on any atom is 0.226 e. The van der Waals surface area contributed by atoms with Crippen molar-refractivity contribution >= 4 is 29.9 Å². The molecule has 0 saturated carbocycles. The molecular formula is C23H38IN5O2. The van der Waals surface area contributed by atoms with Crippen molar-refractivity contribution in [2.24, 2.45) is 4.99 Å². The Hall–Kier alpha value is -1.68. The van der Waals surface area contributed by atoms with Crippen molar-refractivity contribution in [3.05, 3.63) is 47.1 Å². The molecule has 2 aromatic rings. The number of aromatic nitrogens is 2. The standard InChI is InChI=1S/C23H37N5O2.HI/c1-7-24-22(25-14-8-9-20-27-21(16(2)3)28-30-20)26-15-19(29)17-10-12-18(13-11-17)23(4,5)6;/h10-13,16,19,29H,7-9,14-15H2,1-6H3,(H2,24,25,26);1H. The second-order valence-electron chi connectivity index (χ2n) is 8.84. The molecule has 2 rings (SSSR count). The predicted octanol–water partition coefficient (Wildman–Crippen LogP) is 4.33. The second-order valence-corrected chi connectivity index (χ2v) is 8.84. The van der Waals surface area contributed by atoms with Crippen molar-refractivity contribution in [2.75, 3.05) is 19.6 Å². The third-order valence-corrected chi connectivity index (χ3v) is 4.79. The van der Waals surface area contributed by atoms with E-state index in [2.05, 4.69) is 58.7 Å². The average molecular weight is 543 g/mol. The van der Waals surface area contributed by atoms with E-state index >= 15 is 0 Å². The highest BCUT2D eigenvalue weighted by Crippen LogP contribution is 2.24. The van der Waals surface area contributed by atoms with Crippen LogP contribution in [0.1, 0.15) is 82.8 Å². The molecule has 0 bridgehead atoms. The molecule has 1 atom stereocenters. The normalized spacial score (nSPS) is 13.1. The van der Waals surface area contributed by atoms with Gasteiger partial charge in [0, 0.05) is 25.4 Å².